The molecule has 2 atom stereocenters. The Kier molecular flexibility index (Phi) is 9.33. The summed E-state index contributed by atoms with van der Waals surface area (Å²) < 4.78 is 19.1. The van der Waals surface area contributed by atoms with Crippen LogP contribution in [0.25, 0.3) is 0 Å². The van der Waals surface area contributed by atoms with Crippen molar-refractivity contribution in [3.05, 3.63) is 47.5 Å². The smallest absolute Gasteiger partial charge is 0.169 e. The first-order valence-corrected chi connectivity index (χ1v) is 13.6. The molecule has 2 aromatic carbocycles. The number of para-hydroxylation sites is 2. The maximum atomic E-state index is 6.46. The van der Waals surface area contributed by atoms with Crippen LogP contribution < -0.4 is 14.2 Å². The van der Waals surface area contributed by atoms with E-state index in [9.17, 15) is 0 Å². The van der Waals surface area contributed by atoms with Gasteiger partial charge < -0.3 is 24.0 Å². The van der Waals surface area contributed by atoms with Crippen LogP contribution in [-0.2, 0) is 0 Å². The summed E-state index contributed by atoms with van der Waals surface area (Å²) in [7, 11) is 4.47. The summed E-state index contributed by atoms with van der Waals surface area (Å²) in [6.07, 6.45) is 9.86. The summed E-state index contributed by atoms with van der Waals surface area (Å²) in [5.41, 5.74) is 2.19. The van der Waals surface area contributed by atoms with Crippen LogP contribution in [0, 0.1) is 13.8 Å². The van der Waals surface area contributed by atoms with E-state index < -0.39 is 0 Å². The Bertz CT molecular complexity index is 872. The topological polar surface area (TPSA) is 34.2 Å². The molecule has 5 nitrogen and oxygen atoms in total. The second-order valence-corrected chi connectivity index (χ2v) is 10.4. The monoisotopic (exact) mass is 480 g/mol. The fourth-order valence-electron chi connectivity index (χ4n) is 5.51. The summed E-state index contributed by atoms with van der Waals surface area (Å²) in [6, 6.07) is 13.4. The van der Waals surface area contributed by atoms with E-state index in [1.54, 1.807) is 0 Å². The van der Waals surface area contributed by atoms with Crippen LogP contribution in [0.15, 0.2) is 36.4 Å². The van der Waals surface area contributed by atoms with Gasteiger partial charge >= 0.3 is 0 Å². The van der Waals surface area contributed by atoms with Gasteiger partial charge in [-0.05, 0) is 103 Å². The van der Waals surface area contributed by atoms with E-state index in [2.05, 4.69) is 49.9 Å². The third-order valence-electron chi connectivity index (χ3n) is 7.81. The summed E-state index contributed by atoms with van der Waals surface area (Å²) >= 11 is 0. The van der Waals surface area contributed by atoms with Crippen LogP contribution in [-0.4, -0.2) is 62.3 Å². The molecule has 0 saturated carbocycles. The molecule has 2 heterocycles. The van der Waals surface area contributed by atoms with Gasteiger partial charge in [0, 0.05) is 12.1 Å². The number of nitrogens with zero attached hydrogens (tertiary/aromatic N) is 2. The summed E-state index contributed by atoms with van der Waals surface area (Å²) in [6.45, 7) is 7.95. The molecule has 2 fully saturated rings. The zero-order chi connectivity index (χ0) is 24.6. The highest BCUT2D eigenvalue weighted by Gasteiger charge is 2.21. The molecule has 0 aliphatic carbocycles. The molecule has 192 valence electrons. The Labute approximate surface area is 212 Å². The molecule has 0 bridgehead atoms. The van der Waals surface area contributed by atoms with Crippen molar-refractivity contribution < 1.29 is 14.2 Å². The predicted molar refractivity (Wildman–Crippen MR) is 143 cm³/mol. The number of benzene rings is 2. The highest BCUT2D eigenvalue weighted by Crippen LogP contribution is 2.40. The molecule has 0 spiro atoms. The number of aryl methyl sites for hydroxylation is 2. The molecule has 2 aliphatic rings. The quantitative estimate of drug-likeness (QED) is 0.383. The minimum atomic E-state index is 0.608. The third kappa shape index (κ3) is 6.92. The van der Waals surface area contributed by atoms with E-state index in [4.69, 9.17) is 14.2 Å². The molecule has 2 unspecified atom stereocenters. The largest absolute Gasteiger partial charge is 0.489 e. The standard InChI is InChI=1S/C30H44N2O3/c1-23-11-9-15-27(29(23)33-21-17-25-13-5-7-19-31(25)3)35-28-16-10-12-24(2)30(28)34-22-18-26-14-6-8-20-32(26)4/h9-12,15-16,25-26H,5-8,13-14,17-22H2,1-4H3. The second kappa shape index (κ2) is 12.6. The van der Waals surface area contributed by atoms with Gasteiger partial charge in [0.25, 0.3) is 0 Å². The highest BCUT2D eigenvalue weighted by molar-refractivity contribution is 5.52. The lowest BCUT2D eigenvalue weighted by Gasteiger charge is -2.32. The Balaban J connectivity index is 1.41. The molecule has 4 rings (SSSR count). The van der Waals surface area contributed by atoms with Crippen LogP contribution in [0.5, 0.6) is 23.0 Å². The minimum Gasteiger partial charge on any atom is -0.489 e. The van der Waals surface area contributed by atoms with E-state index in [-0.39, 0.29) is 0 Å². The lowest BCUT2D eigenvalue weighted by molar-refractivity contribution is 0.150. The van der Waals surface area contributed by atoms with Gasteiger partial charge in [-0.25, -0.2) is 0 Å². The first-order chi connectivity index (χ1) is 17.0. The molecular formula is C30H44N2O3. The fraction of sp³-hybridized carbons (Fsp3) is 0.600. The Morgan fingerprint density at radius 3 is 1.57 bits per heavy atom. The third-order valence-corrected chi connectivity index (χ3v) is 7.81. The maximum absolute atomic E-state index is 6.46. The first-order valence-electron chi connectivity index (χ1n) is 13.6. The zero-order valence-corrected chi connectivity index (χ0v) is 22.2. The molecule has 0 radical (unpaired) electrons. The SMILES string of the molecule is Cc1cccc(Oc2cccc(C)c2OCCC2CCCCN2C)c1OCCC1CCCCN1C. The average molecular weight is 481 g/mol. The number of hydrogen-bond donors (Lipinski definition) is 0. The molecule has 2 aromatic rings. The van der Waals surface area contributed by atoms with Gasteiger partial charge in [-0.1, -0.05) is 37.1 Å². The van der Waals surface area contributed by atoms with Gasteiger partial charge in [-0.3, -0.25) is 0 Å². The van der Waals surface area contributed by atoms with Crippen molar-refractivity contribution in [1.82, 2.24) is 9.80 Å². The summed E-state index contributed by atoms with van der Waals surface area (Å²) in [5.74, 6) is 3.18. The van der Waals surface area contributed by atoms with Crippen molar-refractivity contribution >= 4 is 0 Å². The Morgan fingerprint density at radius 2 is 1.14 bits per heavy atom. The lowest BCUT2D eigenvalue weighted by atomic mass is 10.0. The molecule has 0 amide bonds. The summed E-state index contributed by atoms with van der Waals surface area (Å²) in [5, 5.41) is 0. The zero-order valence-electron chi connectivity index (χ0n) is 22.2. The molecule has 0 aromatic heterocycles. The van der Waals surface area contributed by atoms with Crippen molar-refractivity contribution in [2.75, 3.05) is 40.4 Å². The normalized spacial score (nSPS) is 21.6. The van der Waals surface area contributed by atoms with Gasteiger partial charge in [0.05, 0.1) is 13.2 Å². The van der Waals surface area contributed by atoms with Gasteiger partial charge in [-0.15, -0.1) is 0 Å². The molecular weight excluding hydrogens is 436 g/mol. The van der Waals surface area contributed by atoms with Crippen LogP contribution in [0.3, 0.4) is 0 Å². The van der Waals surface area contributed by atoms with E-state index in [0.29, 0.717) is 25.3 Å². The second-order valence-electron chi connectivity index (χ2n) is 10.4. The Morgan fingerprint density at radius 1 is 0.686 bits per heavy atom. The van der Waals surface area contributed by atoms with Crippen LogP contribution in [0.1, 0.15) is 62.5 Å². The Hall–Kier alpha value is -2.24. The number of rotatable bonds is 10. The van der Waals surface area contributed by atoms with Crippen LogP contribution in [0.4, 0.5) is 0 Å². The predicted octanol–water partition coefficient (Wildman–Crippen LogP) is 6.60. The number of ether oxygens (including phenoxy) is 3. The van der Waals surface area contributed by atoms with Gasteiger partial charge in [0.15, 0.2) is 23.0 Å². The molecule has 2 saturated heterocycles. The van der Waals surface area contributed by atoms with E-state index in [0.717, 1.165) is 47.0 Å². The molecule has 5 heteroatoms. The van der Waals surface area contributed by atoms with E-state index in [1.165, 1.54) is 51.6 Å². The molecule has 35 heavy (non-hydrogen) atoms. The van der Waals surface area contributed by atoms with Crippen molar-refractivity contribution in [1.29, 1.82) is 0 Å². The summed E-state index contributed by atoms with van der Waals surface area (Å²) in [4.78, 5) is 4.95. The number of likely N-dealkylation sites (tertiary alicyclic amines) is 2. The fourth-order valence-corrected chi connectivity index (χ4v) is 5.51. The first kappa shape index (κ1) is 25.8. The van der Waals surface area contributed by atoms with Crippen LogP contribution in [0.2, 0.25) is 0 Å². The van der Waals surface area contributed by atoms with Crippen molar-refractivity contribution in [2.45, 2.75) is 77.3 Å². The van der Waals surface area contributed by atoms with Crippen LogP contribution >= 0.6 is 0 Å². The average Bonchev–Trinajstić information content (AvgIpc) is 2.85. The van der Waals surface area contributed by atoms with Crippen molar-refractivity contribution in [3.8, 4) is 23.0 Å². The molecule has 0 N–H and O–H groups in total. The van der Waals surface area contributed by atoms with Gasteiger partial charge in [-0.2, -0.15) is 0 Å². The van der Waals surface area contributed by atoms with Crippen molar-refractivity contribution in [2.24, 2.45) is 0 Å². The number of piperidine rings is 2. The highest BCUT2D eigenvalue weighted by atomic mass is 16.5. The van der Waals surface area contributed by atoms with Gasteiger partial charge in [0.2, 0.25) is 0 Å². The number of hydrogen-bond acceptors (Lipinski definition) is 5. The lowest BCUT2D eigenvalue weighted by Crippen LogP contribution is -2.37. The molecule has 2 aliphatic heterocycles. The van der Waals surface area contributed by atoms with Gasteiger partial charge in [0.1, 0.15) is 0 Å². The van der Waals surface area contributed by atoms with Crippen molar-refractivity contribution in [3.63, 3.8) is 0 Å². The van der Waals surface area contributed by atoms with E-state index in [1.807, 2.05) is 24.3 Å². The maximum Gasteiger partial charge on any atom is 0.169 e. The minimum absolute atomic E-state index is 0.608. The van der Waals surface area contributed by atoms with E-state index >= 15 is 0 Å².